The molecule has 2 atom stereocenters. The van der Waals surface area contributed by atoms with Crippen molar-refractivity contribution in [2.45, 2.75) is 51.1 Å². The zero-order valence-electron chi connectivity index (χ0n) is 23.2. The second kappa shape index (κ2) is 12.6. The number of halogens is 1. The van der Waals surface area contributed by atoms with Crippen molar-refractivity contribution in [3.05, 3.63) is 71.8 Å². The van der Waals surface area contributed by atoms with Crippen LogP contribution in [-0.4, -0.2) is 68.1 Å². The third kappa shape index (κ3) is 5.57. The third-order valence-electron chi connectivity index (χ3n) is 7.50. The minimum absolute atomic E-state index is 0.126. The van der Waals surface area contributed by atoms with E-state index in [4.69, 9.17) is 14.2 Å². The van der Waals surface area contributed by atoms with Crippen LogP contribution in [0.1, 0.15) is 42.6 Å². The molecule has 0 saturated carbocycles. The molecule has 8 nitrogen and oxygen atoms in total. The number of rotatable bonds is 12. The molecule has 2 amide bonds. The molecule has 1 aliphatic heterocycles. The lowest BCUT2D eigenvalue weighted by Crippen LogP contribution is -2.60. The fourth-order valence-electron chi connectivity index (χ4n) is 5.33. The van der Waals surface area contributed by atoms with Crippen LogP contribution in [0.25, 0.3) is 21.9 Å². The molecule has 2 unspecified atom stereocenters. The maximum atomic E-state index is 14.1. The largest absolute Gasteiger partial charge is 0.466 e. The average Bonchev–Trinajstić information content (AvgIpc) is 3.29. The molecule has 0 aliphatic carbocycles. The van der Waals surface area contributed by atoms with E-state index < -0.39 is 36.4 Å². The van der Waals surface area contributed by atoms with Gasteiger partial charge in [-0.15, -0.1) is 0 Å². The standard InChI is InChI=1S/C31H35FN2O6/c1-5-26(29(36)33-27(17-28(35)40-6-2)31(19-32,38-3)39-4)34-18-22-16-21(14-15-25(22)30(34)37)24-13-9-11-20-10-7-8-12-23(20)24/h7-16,26-27H,5-6,17-19H2,1-4H3,(H,33,36). The molecule has 3 aromatic carbocycles. The van der Waals surface area contributed by atoms with Crippen LogP contribution < -0.4 is 5.32 Å². The average molecular weight is 551 g/mol. The van der Waals surface area contributed by atoms with E-state index in [1.807, 2.05) is 36.4 Å². The summed E-state index contributed by atoms with van der Waals surface area (Å²) in [4.78, 5) is 40.8. The van der Waals surface area contributed by atoms with Crippen molar-refractivity contribution in [3.8, 4) is 11.1 Å². The topological polar surface area (TPSA) is 94.2 Å². The van der Waals surface area contributed by atoms with Gasteiger partial charge in [0, 0.05) is 26.3 Å². The predicted octanol–water partition coefficient (Wildman–Crippen LogP) is 4.64. The van der Waals surface area contributed by atoms with Gasteiger partial charge in [-0.05, 0) is 52.9 Å². The minimum Gasteiger partial charge on any atom is -0.466 e. The maximum Gasteiger partial charge on any atom is 0.308 e. The van der Waals surface area contributed by atoms with Crippen molar-refractivity contribution in [1.29, 1.82) is 0 Å². The summed E-state index contributed by atoms with van der Waals surface area (Å²) in [6.45, 7) is 2.69. The van der Waals surface area contributed by atoms with E-state index in [1.165, 1.54) is 19.1 Å². The van der Waals surface area contributed by atoms with Gasteiger partial charge < -0.3 is 24.4 Å². The summed E-state index contributed by atoms with van der Waals surface area (Å²) in [6.07, 6.45) is -0.0688. The van der Waals surface area contributed by atoms with Crippen LogP contribution in [0.2, 0.25) is 0 Å². The van der Waals surface area contributed by atoms with Crippen molar-refractivity contribution in [2.75, 3.05) is 27.5 Å². The first-order valence-corrected chi connectivity index (χ1v) is 13.4. The SMILES string of the molecule is CCOC(=O)CC(NC(=O)C(CC)N1Cc2cc(-c3cccc4ccccc34)ccc2C1=O)C(CF)(OC)OC. The Balaban J connectivity index is 1.59. The number of hydrogen-bond donors (Lipinski definition) is 1. The Morgan fingerprint density at radius 2 is 1.75 bits per heavy atom. The highest BCUT2D eigenvalue weighted by Crippen LogP contribution is 2.34. The Bertz CT molecular complexity index is 1380. The van der Waals surface area contributed by atoms with Gasteiger partial charge >= 0.3 is 5.97 Å². The Kier molecular flexibility index (Phi) is 9.17. The number of hydrogen-bond acceptors (Lipinski definition) is 6. The van der Waals surface area contributed by atoms with Gasteiger partial charge in [-0.2, -0.15) is 0 Å². The number of fused-ring (bicyclic) bond motifs is 2. The molecule has 0 fully saturated rings. The van der Waals surface area contributed by atoms with E-state index in [-0.39, 0.29) is 25.5 Å². The van der Waals surface area contributed by atoms with Crippen LogP contribution in [0.3, 0.4) is 0 Å². The highest BCUT2D eigenvalue weighted by Gasteiger charge is 2.44. The highest BCUT2D eigenvalue weighted by atomic mass is 19.1. The molecule has 212 valence electrons. The van der Waals surface area contributed by atoms with Crippen LogP contribution in [0.5, 0.6) is 0 Å². The van der Waals surface area contributed by atoms with Gasteiger partial charge in [-0.3, -0.25) is 14.4 Å². The van der Waals surface area contributed by atoms with E-state index in [9.17, 15) is 18.8 Å². The predicted molar refractivity (Wildman–Crippen MR) is 149 cm³/mol. The number of esters is 1. The van der Waals surface area contributed by atoms with Gasteiger partial charge in [-0.25, -0.2) is 4.39 Å². The summed E-state index contributed by atoms with van der Waals surface area (Å²) in [6, 6.07) is 17.9. The fraction of sp³-hybridized carbons (Fsp3) is 0.387. The Hall–Kier alpha value is -3.82. The molecule has 3 aromatic rings. The molecule has 1 heterocycles. The second-order valence-corrected chi connectivity index (χ2v) is 9.68. The zero-order valence-corrected chi connectivity index (χ0v) is 23.2. The molecule has 0 radical (unpaired) electrons. The number of nitrogens with zero attached hydrogens (tertiary/aromatic N) is 1. The monoisotopic (exact) mass is 550 g/mol. The zero-order chi connectivity index (χ0) is 28.9. The summed E-state index contributed by atoms with van der Waals surface area (Å²) in [5.74, 6) is -3.34. The highest BCUT2D eigenvalue weighted by molar-refractivity contribution is 6.03. The molecule has 1 N–H and O–H groups in total. The van der Waals surface area contributed by atoms with E-state index in [1.54, 1.807) is 19.9 Å². The molecular weight excluding hydrogens is 515 g/mol. The van der Waals surface area contributed by atoms with Crippen LogP contribution in [0.4, 0.5) is 4.39 Å². The number of ether oxygens (including phenoxy) is 3. The van der Waals surface area contributed by atoms with Gasteiger partial charge in [0.2, 0.25) is 11.7 Å². The summed E-state index contributed by atoms with van der Waals surface area (Å²) in [5, 5.41) is 4.94. The third-order valence-corrected chi connectivity index (χ3v) is 7.50. The molecular formula is C31H35FN2O6. The summed E-state index contributed by atoms with van der Waals surface area (Å²) >= 11 is 0. The second-order valence-electron chi connectivity index (χ2n) is 9.68. The maximum absolute atomic E-state index is 14.1. The Morgan fingerprint density at radius 3 is 2.42 bits per heavy atom. The molecule has 0 bridgehead atoms. The lowest BCUT2D eigenvalue weighted by Gasteiger charge is -2.37. The molecule has 9 heteroatoms. The van der Waals surface area contributed by atoms with Crippen molar-refractivity contribution < 1.29 is 33.0 Å². The van der Waals surface area contributed by atoms with Crippen molar-refractivity contribution in [1.82, 2.24) is 10.2 Å². The number of methoxy groups -OCH3 is 2. The van der Waals surface area contributed by atoms with Crippen molar-refractivity contribution >= 4 is 28.6 Å². The molecule has 1 aliphatic rings. The van der Waals surface area contributed by atoms with Crippen molar-refractivity contribution in [3.63, 3.8) is 0 Å². The van der Waals surface area contributed by atoms with E-state index >= 15 is 0 Å². The number of benzene rings is 3. The van der Waals surface area contributed by atoms with Gasteiger partial charge in [0.15, 0.2) is 0 Å². The number of carbonyl (C=O) groups excluding carboxylic acids is 3. The first-order valence-electron chi connectivity index (χ1n) is 13.4. The van der Waals surface area contributed by atoms with Gasteiger partial charge in [0.05, 0.1) is 19.1 Å². The first-order chi connectivity index (χ1) is 19.3. The van der Waals surface area contributed by atoms with Crippen molar-refractivity contribution in [2.24, 2.45) is 0 Å². The van der Waals surface area contributed by atoms with Gasteiger partial charge in [0.1, 0.15) is 12.7 Å². The van der Waals surface area contributed by atoms with Crippen LogP contribution >= 0.6 is 0 Å². The summed E-state index contributed by atoms with van der Waals surface area (Å²) in [7, 11) is 2.47. The number of amides is 2. The first kappa shape index (κ1) is 29.2. The molecule has 0 spiro atoms. The number of alkyl halides is 1. The van der Waals surface area contributed by atoms with Crippen LogP contribution in [0, 0.1) is 0 Å². The van der Waals surface area contributed by atoms with E-state index in [0.717, 1.165) is 27.5 Å². The normalized spacial score (nSPS) is 14.6. The summed E-state index contributed by atoms with van der Waals surface area (Å²) in [5.41, 5.74) is 3.38. The van der Waals surface area contributed by atoms with E-state index in [2.05, 4.69) is 23.5 Å². The number of carbonyl (C=O) groups is 3. The number of nitrogens with one attached hydrogen (secondary N) is 1. The molecule has 4 rings (SSSR count). The Morgan fingerprint density at radius 1 is 1.02 bits per heavy atom. The smallest absolute Gasteiger partial charge is 0.308 e. The van der Waals surface area contributed by atoms with Gasteiger partial charge in [-0.1, -0.05) is 55.5 Å². The fourth-order valence-corrected chi connectivity index (χ4v) is 5.33. The lowest BCUT2D eigenvalue weighted by molar-refractivity contribution is -0.235. The lowest BCUT2D eigenvalue weighted by atomic mass is 9.96. The van der Waals surface area contributed by atoms with Gasteiger partial charge in [0.25, 0.3) is 5.91 Å². The molecule has 0 aromatic heterocycles. The molecule has 40 heavy (non-hydrogen) atoms. The summed E-state index contributed by atoms with van der Waals surface area (Å²) < 4.78 is 29.7. The van der Waals surface area contributed by atoms with Crippen LogP contribution in [0.15, 0.2) is 60.7 Å². The minimum atomic E-state index is -1.90. The van der Waals surface area contributed by atoms with E-state index in [0.29, 0.717) is 12.0 Å². The Labute approximate surface area is 233 Å². The van der Waals surface area contributed by atoms with Crippen LogP contribution in [-0.2, 0) is 30.3 Å². The quantitative estimate of drug-likeness (QED) is 0.261. The molecule has 0 saturated heterocycles.